The molecule has 1 saturated carbocycles. The zero-order valence-electron chi connectivity index (χ0n) is 17.7. The van der Waals surface area contributed by atoms with Crippen molar-refractivity contribution in [3.05, 3.63) is 29.4 Å². The van der Waals surface area contributed by atoms with Crippen LogP contribution in [0.2, 0.25) is 0 Å². The Hall–Kier alpha value is -1.53. The molecule has 0 spiro atoms. The lowest BCUT2D eigenvalue weighted by Gasteiger charge is -2.24. The number of hydrogen-bond acceptors (Lipinski definition) is 6. The first-order valence-corrected chi connectivity index (χ1v) is 13.1. The Kier molecular flexibility index (Phi) is 7.42. The number of benzene rings is 1. The molecule has 0 atom stereocenters. The highest BCUT2D eigenvalue weighted by atomic mass is 79.9. The predicted molar refractivity (Wildman–Crippen MR) is 128 cm³/mol. The molecule has 1 aromatic carbocycles. The van der Waals surface area contributed by atoms with Gasteiger partial charge in [0, 0.05) is 34.9 Å². The quantitative estimate of drug-likeness (QED) is 0.429. The standard InChI is InChI=1S/C20H28BrN5O3S2/c1-20(2,3)26-31(28,29)17-10-14(24-19(27)25-21)8-9-15(17)16-11-23-18(30-16)12-4-6-13(22)7-5-12/h8-13,26H,4-7,22H2,1-3H3,(H2,24,25,27). The number of hydrogen-bond donors (Lipinski definition) is 4. The molecule has 1 aliphatic carbocycles. The van der Waals surface area contributed by atoms with Crippen molar-refractivity contribution in [2.24, 2.45) is 5.73 Å². The van der Waals surface area contributed by atoms with E-state index < -0.39 is 21.6 Å². The minimum atomic E-state index is -3.86. The Labute approximate surface area is 195 Å². The van der Waals surface area contributed by atoms with Crippen molar-refractivity contribution in [2.45, 2.75) is 68.8 Å². The zero-order chi connectivity index (χ0) is 22.8. The van der Waals surface area contributed by atoms with Crippen LogP contribution in [0.3, 0.4) is 0 Å². The number of carbonyl (C=O) groups is 1. The lowest BCUT2D eigenvalue weighted by molar-refractivity contribution is 0.257. The van der Waals surface area contributed by atoms with Gasteiger partial charge in [-0.15, -0.1) is 11.3 Å². The van der Waals surface area contributed by atoms with E-state index in [1.54, 1.807) is 39.1 Å². The summed E-state index contributed by atoms with van der Waals surface area (Å²) < 4.78 is 31.4. The highest BCUT2D eigenvalue weighted by Crippen LogP contribution is 2.39. The van der Waals surface area contributed by atoms with Crippen molar-refractivity contribution in [3.8, 4) is 10.4 Å². The van der Waals surface area contributed by atoms with Gasteiger partial charge < -0.3 is 11.1 Å². The number of rotatable bonds is 5. The maximum atomic E-state index is 13.2. The van der Waals surface area contributed by atoms with Crippen molar-refractivity contribution in [2.75, 3.05) is 5.32 Å². The lowest BCUT2D eigenvalue weighted by atomic mass is 9.87. The second kappa shape index (κ2) is 9.53. The molecule has 0 aliphatic heterocycles. The second-order valence-electron chi connectivity index (χ2n) is 8.79. The predicted octanol–water partition coefficient (Wildman–Crippen LogP) is 4.30. The molecule has 8 nitrogen and oxygen atoms in total. The molecule has 0 unspecified atom stereocenters. The molecule has 5 N–H and O–H groups in total. The van der Waals surface area contributed by atoms with Gasteiger partial charge in [0.15, 0.2) is 0 Å². The normalized spacial score (nSPS) is 19.8. The third-order valence-electron chi connectivity index (χ3n) is 4.97. The van der Waals surface area contributed by atoms with Gasteiger partial charge in [-0.25, -0.2) is 22.9 Å². The van der Waals surface area contributed by atoms with E-state index in [0.717, 1.165) is 35.6 Å². The minimum absolute atomic E-state index is 0.0932. The Bertz CT molecular complexity index is 1040. The smallest absolute Gasteiger partial charge is 0.328 e. The number of thiazole rings is 1. The summed E-state index contributed by atoms with van der Waals surface area (Å²) in [5.41, 5.74) is 6.28. The number of sulfonamides is 1. The SMILES string of the molecule is CC(C)(C)NS(=O)(=O)c1cc(NC(=O)NBr)ccc1-c1cnc(C2CCC(N)CC2)s1. The fourth-order valence-corrected chi connectivity index (χ4v) is 6.56. The molecule has 1 heterocycles. The molecule has 0 bridgehead atoms. The van der Waals surface area contributed by atoms with Crippen LogP contribution < -0.4 is 20.1 Å². The monoisotopic (exact) mass is 529 g/mol. The van der Waals surface area contributed by atoms with Crippen LogP contribution in [-0.4, -0.2) is 31.0 Å². The average molecular weight is 531 g/mol. The molecule has 170 valence electrons. The van der Waals surface area contributed by atoms with Gasteiger partial charge in [0.25, 0.3) is 0 Å². The summed E-state index contributed by atoms with van der Waals surface area (Å²) in [6.07, 6.45) is 5.68. The number of aromatic nitrogens is 1. The van der Waals surface area contributed by atoms with Crippen molar-refractivity contribution in [1.29, 1.82) is 0 Å². The molecule has 2 aromatic rings. The Morgan fingerprint density at radius 1 is 1.23 bits per heavy atom. The van der Waals surface area contributed by atoms with Gasteiger partial charge in [0.2, 0.25) is 10.0 Å². The zero-order valence-corrected chi connectivity index (χ0v) is 21.0. The van der Waals surface area contributed by atoms with Crippen molar-refractivity contribution in [3.63, 3.8) is 0 Å². The van der Waals surface area contributed by atoms with Gasteiger partial charge in [-0.2, -0.15) is 0 Å². The minimum Gasteiger partial charge on any atom is -0.328 e. The van der Waals surface area contributed by atoms with Crippen LogP contribution in [0.25, 0.3) is 10.4 Å². The largest absolute Gasteiger partial charge is 0.329 e. The molecule has 0 radical (unpaired) electrons. The number of amides is 2. The van der Waals surface area contributed by atoms with E-state index in [0.29, 0.717) is 17.2 Å². The maximum Gasteiger partial charge on any atom is 0.329 e. The second-order valence-corrected chi connectivity index (χ2v) is 11.9. The first-order valence-electron chi connectivity index (χ1n) is 10.1. The van der Waals surface area contributed by atoms with Crippen LogP contribution in [0.1, 0.15) is 57.4 Å². The van der Waals surface area contributed by atoms with Gasteiger partial charge in [-0.1, -0.05) is 6.07 Å². The summed E-state index contributed by atoms with van der Waals surface area (Å²) >= 11 is 4.37. The molecule has 0 saturated heterocycles. The molecule has 2 amide bonds. The van der Waals surface area contributed by atoms with Gasteiger partial charge in [0.1, 0.15) is 0 Å². The van der Waals surface area contributed by atoms with Crippen LogP contribution in [0.15, 0.2) is 29.3 Å². The maximum absolute atomic E-state index is 13.2. The summed E-state index contributed by atoms with van der Waals surface area (Å²) in [7, 11) is -3.86. The molecule has 3 rings (SSSR count). The van der Waals surface area contributed by atoms with Crippen LogP contribution >= 0.6 is 27.5 Å². The highest BCUT2D eigenvalue weighted by Gasteiger charge is 2.28. The van der Waals surface area contributed by atoms with E-state index in [4.69, 9.17) is 5.73 Å². The van der Waals surface area contributed by atoms with Crippen LogP contribution in [0.5, 0.6) is 0 Å². The third-order valence-corrected chi connectivity index (χ3v) is 8.32. The Morgan fingerprint density at radius 2 is 1.90 bits per heavy atom. The summed E-state index contributed by atoms with van der Waals surface area (Å²) in [5, 5.41) is 3.60. The highest BCUT2D eigenvalue weighted by molar-refractivity contribution is 9.08. The number of halogens is 1. The molecular formula is C20H28BrN5O3S2. The molecule has 31 heavy (non-hydrogen) atoms. The van der Waals surface area contributed by atoms with E-state index in [1.807, 2.05) is 0 Å². The summed E-state index contributed by atoms with van der Waals surface area (Å²) in [5.74, 6) is 0.356. The van der Waals surface area contributed by atoms with E-state index in [1.165, 1.54) is 17.4 Å². The lowest BCUT2D eigenvalue weighted by Crippen LogP contribution is -2.40. The Balaban J connectivity index is 2.00. The van der Waals surface area contributed by atoms with Crippen molar-refractivity contribution >= 4 is 49.2 Å². The summed E-state index contributed by atoms with van der Waals surface area (Å²) in [4.78, 5) is 17.1. The van der Waals surface area contributed by atoms with E-state index in [-0.39, 0.29) is 10.9 Å². The van der Waals surface area contributed by atoms with Gasteiger partial charge >= 0.3 is 6.03 Å². The number of nitrogens with zero attached hydrogens (tertiary/aromatic N) is 1. The van der Waals surface area contributed by atoms with Gasteiger partial charge in [-0.05, 0) is 58.6 Å². The molecule has 11 heteroatoms. The molecule has 1 aromatic heterocycles. The third kappa shape index (κ3) is 6.26. The van der Waals surface area contributed by atoms with Crippen molar-refractivity contribution < 1.29 is 13.2 Å². The average Bonchev–Trinajstić information content (AvgIpc) is 3.16. The molecular weight excluding hydrogens is 502 g/mol. The van der Waals surface area contributed by atoms with Crippen LogP contribution in [-0.2, 0) is 10.0 Å². The fraction of sp³-hybridized carbons (Fsp3) is 0.500. The van der Waals surface area contributed by atoms with Gasteiger partial charge in [-0.3, -0.25) is 4.34 Å². The topological polar surface area (TPSA) is 126 Å². The van der Waals surface area contributed by atoms with Gasteiger partial charge in [0.05, 0.1) is 30.9 Å². The summed E-state index contributed by atoms with van der Waals surface area (Å²) in [6.45, 7) is 5.34. The number of nitrogens with two attached hydrogens (primary N) is 1. The Morgan fingerprint density at radius 3 is 2.52 bits per heavy atom. The first kappa shape index (κ1) is 24.1. The van der Waals surface area contributed by atoms with E-state index >= 15 is 0 Å². The molecule has 1 aliphatic rings. The van der Waals surface area contributed by atoms with Crippen molar-refractivity contribution in [1.82, 2.24) is 14.0 Å². The van der Waals surface area contributed by atoms with Crippen LogP contribution in [0, 0.1) is 0 Å². The first-order chi connectivity index (χ1) is 14.5. The fourth-order valence-electron chi connectivity index (χ4n) is 3.61. The number of anilines is 1. The molecule has 1 fully saturated rings. The number of carbonyl (C=O) groups excluding carboxylic acids is 1. The van der Waals surface area contributed by atoms with Crippen LogP contribution in [0.4, 0.5) is 10.5 Å². The van der Waals surface area contributed by atoms with E-state index in [2.05, 4.69) is 35.5 Å². The summed E-state index contributed by atoms with van der Waals surface area (Å²) in [6, 6.07) is 4.59. The van der Waals surface area contributed by atoms with E-state index in [9.17, 15) is 13.2 Å². The number of urea groups is 1. The number of nitrogens with one attached hydrogen (secondary N) is 3.